The Bertz CT molecular complexity index is 945. The van der Waals surface area contributed by atoms with Gasteiger partial charge in [-0.2, -0.15) is 4.98 Å². The van der Waals surface area contributed by atoms with Crippen LogP contribution in [0.4, 0.5) is 0 Å². The van der Waals surface area contributed by atoms with Crippen LogP contribution in [-0.2, 0) is 17.8 Å². The van der Waals surface area contributed by atoms with Crippen molar-refractivity contribution < 1.29 is 9.47 Å². The fourth-order valence-electron chi connectivity index (χ4n) is 3.00. The van der Waals surface area contributed by atoms with Gasteiger partial charge in [-0.1, -0.05) is 38.1 Å². The van der Waals surface area contributed by atoms with Gasteiger partial charge in [-0.05, 0) is 24.2 Å². The summed E-state index contributed by atoms with van der Waals surface area (Å²) in [6.45, 7) is 8.53. The zero-order chi connectivity index (χ0) is 19.9. The average molecular weight is 385 g/mol. The number of H-pyrrole nitrogens is 1. The third-order valence-electron chi connectivity index (χ3n) is 4.67. The van der Waals surface area contributed by atoms with Crippen molar-refractivity contribution in [3.8, 4) is 6.01 Å². The van der Waals surface area contributed by atoms with Crippen LogP contribution < -0.4 is 10.4 Å². The first-order valence-corrected chi connectivity index (χ1v) is 9.52. The Labute approximate surface area is 164 Å². The maximum absolute atomic E-state index is 12.4. The summed E-state index contributed by atoms with van der Waals surface area (Å²) in [5, 5.41) is 0. The number of imidazole rings is 1. The van der Waals surface area contributed by atoms with Crippen LogP contribution in [0.15, 0.2) is 35.3 Å². The van der Waals surface area contributed by atoms with Gasteiger partial charge in [0.1, 0.15) is 12.1 Å². The Morgan fingerprint density at radius 1 is 1.11 bits per heavy atom. The van der Waals surface area contributed by atoms with Gasteiger partial charge in [0.05, 0.1) is 19.3 Å². The van der Waals surface area contributed by atoms with Gasteiger partial charge in [0.15, 0.2) is 5.65 Å². The van der Waals surface area contributed by atoms with Crippen molar-refractivity contribution in [3.63, 3.8) is 0 Å². The molecule has 1 aromatic carbocycles. The molecule has 0 aliphatic heterocycles. The molecule has 0 aliphatic rings. The van der Waals surface area contributed by atoms with Gasteiger partial charge in [0.2, 0.25) is 0 Å². The number of aromatic nitrogens is 4. The number of aromatic amines is 1. The molecule has 0 aliphatic carbocycles. The number of rotatable bonds is 10. The monoisotopic (exact) mass is 385 g/mol. The Balaban J connectivity index is 1.78. The molecule has 0 unspecified atom stereocenters. The van der Waals surface area contributed by atoms with Crippen LogP contribution in [0.2, 0.25) is 0 Å². The second-order valence-electron chi connectivity index (χ2n) is 6.53. The van der Waals surface area contributed by atoms with Gasteiger partial charge in [0, 0.05) is 13.7 Å². The summed E-state index contributed by atoms with van der Waals surface area (Å²) in [7, 11) is 1.60. The molecule has 2 aromatic heterocycles. The fraction of sp³-hybridized carbons (Fsp3) is 0.450. The van der Waals surface area contributed by atoms with E-state index in [9.17, 15) is 4.79 Å². The number of hydrogen-bond acceptors (Lipinski definition) is 6. The minimum absolute atomic E-state index is 0.217. The summed E-state index contributed by atoms with van der Waals surface area (Å²) in [4.78, 5) is 26.0. The number of nitrogens with one attached hydrogen (secondary N) is 1. The fourth-order valence-corrected chi connectivity index (χ4v) is 3.00. The second kappa shape index (κ2) is 9.48. The van der Waals surface area contributed by atoms with Crippen molar-refractivity contribution in [3.05, 3.63) is 52.1 Å². The van der Waals surface area contributed by atoms with Crippen molar-refractivity contribution in [2.75, 3.05) is 33.4 Å². The number of fused-ring (bicyclic) bond motifs is 1. The Morgan fingerprint density at radius 3 is 2.50 bits per heavy atom. The summed E-state index contributed by atoms with van der Waals surface area (Å²) in [6.07, 6.45) is 1.57. The van der Waals surface area contributed by atoms with Gasteiger partial charge < -0.3 is 14.5 Å². The van der Waals surface area contributed by atoms with Gasteiger partial charge in [0.25, 0.3) is 0 Å². The van der Waals surface area contributed by atoms with Gasteiger partial charge >= 0.3 is 11.7 Å². The van der Waals surface area contributed by atoms with E-state index in [1.54, 1.807) is 17.9 Å². The first-order valence-electron chi connectivity index (χ1n) is 9.52. The second-order valence-corrected chi connectivity index (χ2v) is 6.53. The molecule has 0 saturated heterocycles. The van der Waals surface area contributed by atoms with Crippen molar-refractivity contribution in [1.29, 1.82) is 0 Å². The van der Waals surface area contributed by atoms with E-state index in [0.717, 1.165) is 25.2 Å². The molecule has 8 nitrogen and oxygen atoms in total. The average Bonchev–Trinajstić information content (AvgIpc) is 3.02. The normalized spacial score (nSPS) is 11.4. The molecule has 0 amide bonds. The lowest BCUT2D eigenvalue weighted by atomic mass is 10.1. The summed E-state index contributed by atoms with van der Waals surface area (Å²) < 4.78 is 12.0. The van der Waals surface area contributed by atoms with E-state index >= 15 is 0 Å². The summed E-state index contributed by atoms with van der Waals surface area (Å²) in [5.41, 5.74) is 3.19. The predicted molar refractivity (Wildman–Crippen MR) is 108 cm³/mol. The lowest BCUT2D eigenvalue weighted by Gasteiger charge is -2.18. The van der Waals surface area contributed by atoms with E-state index in [-0.39, 0.29) is 11.7 Å². The predicted octanol–water partition coefficient (Wildman–Crippen LogP) is 2.03. The standard InChI is InChI=1S/C20H27N5O3/c1-4-24(5-2)13-15-6-8-16(9-7-15)14-25-18-17(22-20(25)26)12-21-19(23-18)28-11-10-27-3/h6-9,12H,4-5,10-11,13-14H2,1-3H3,(H,22,26). The molecule has 0 atom stereocenters. The maximum atomic E-state index is 12.4. The van der Waals surface area contributed by atoms with Crippen LogP contribution in [-0.4, -0.2) is 57.8 Å². The quantitative estimate of drug-likeness (QED) is 0.538. The molecule has 3 aromatic rings. The van der Waals surface area contributed by atoms with E-state index in [1.165, 1.54) is 5.56 Å². The van der Waals surface area contributed by atoms with Crippen LogP contribution in [0.5, 0.6) is 6.01 Å². The number of nitrogens with zero attached hydrogens (tertiary/aromatic N) is 4. The highest BCUT2D eigenvalue weighted by molar-refractivity contribution is 5.69. The van der Waals surface area contributed by atoms with Gasteiger partial charge in [-0.3, -0.25) is 9.47 Å². The smallest absolute Gasteiger partial charge is 0.328 e. The molecule has 0 bridgehead atoms. The molecular formula is C20H27N5O3. The number of methoxy groups -OCH3 is 1. The molecule has 28 heavy (non-hydrogen) atoms. The minimum Gasteiger partial charge on any atom is -0.461 e. The largest absolute Gasteiger partial charge is 0.461 e. The van der Waals surface area contributed by atoms with Crippen LogP contribution in [0.25, 0.3) is 11.2 Å². The number of benzene rings is 1. The van der Waals surface area contributed by atoms with Crippen molar-refractivity contribution >= 4 is 11.2 Å². The summed E-state index contributed by atoms with van der Waals surface area (Å²) in [5.74, 6) is 0. The first-order chi connectivity index (χ1) is 13.6. The van der Waals surface area contributed by atoms with Crippen molar-refractivity contribution in [2.45, 2.75) is 26.9 Å². The number of ether oxygens (including phenoxy) is 2. The molecule has 0 radical (unpaired) electrons. The van der Waals surface area contributed by atoms with Crippen LogP contribution >= 0.6 is 0 Å². The topological polar surface area (TPSA) is 85.3 Å². The summed E-state index contributed by atoms with van der Waals surface area (Å²) in [6, 6.07) is 8.57. The molecule has 150 valence electrons. The Hall–Kier alpha value is -2.71. The Morgan fingerprint density at radius 2 is 1.82 bits per heavy atom. The van der Waals surface area contributed by atoms with Crippen LogP contribution in [0.3, 0.4) is 0 Å². The van der Waals surface area contributed by atoms with E-state index in [0.29, 0.717) is 30.9 Å². The molecule has 2 heterocycles. The highest BCUT2D eigenvalue weighted by Gasteiger charge is 2.11. The van der Waals surface area contributed by atoms with Crippen LogP contribution in [0.1, 0.15) is 25.0 Å². The van der Waals surface area contributed by atoms with Crippen molar-refractivity contribution in [2.24, 2.45) is 0 Å². The maximum Gasteiger partial charge on any atom is 0.328 e. The van der Waals surface area contributed by atoms with E-state index in [2.05, 4.69) is 58.0 Å². The zero-order valence-corrected chi connectivity index (χ0v) is 16.6. The first kappa shape index (κ1) is 20.0. The molecular weight excluding hydrogens is 358 g/mol. The Kier molecular flexibility index (Phi) is 6.78. The molecule has 1 N–H and O–H groups in total. The third kappa shape index (κ3) is 4.76. The molecule has 0 spiro atoms. The van der Waals surface area contributed by atoms with E-state index < -0.39 is 0 Å². The van der Waals surface area contributed by atoms with Gasteiger partial charge in [-0.15, -0.1) is 0 Å². The third-order valence-corrected chi connectivity index (χ3v) is 4.67. The zero-order valence-electron chi connectivity index (χ0n) is 16.6. The molecule has 3 rings (SSSR count). The molecule has 0 fully saturated rings. The number of hydrogen-bond donors (Lipinski definition) is 1. The van der Waals surface area contributed by atoms with Crippen molar-refractivity contribution in [1.82, 2.24) is 24.4 Å². The molecule has 8 heteroatoms. The minimum atomic E-state index is -0.217. The van der Waals surface area contributed by atoms with E-state index in [4.69, 9.17) is 9.47 Å². The lowest BCUT2D eigenvalue weighted by molar-refractivity contribution is 0.141. The van der Waals surface area contributed by atoms with Crippen LogP contribution in [0, 0.1) is 0 Å². The van der Waals surface area contributed by atoms with Gasteiger partial charge in [-0.25, -0.2) is 9.78 Å². The highest BCUT2D eigenvalue weighted by atomic mass is 16.5. The highest BCUT2D eigenvalue weighted by Crippen LogP contribution is 2.14. The van der Waals surface area contributed by atoms with E-state index in [1.807, 2.05) is 0 Å². The summed E-state index contributed by atoms with van der Waals surface area (Å²) >= 11 is 0. The lowest BCUT2D eigenvalue weighted by Crippen LogP contribution is -2.22. The SMILES string of the molecule is CCN(CC)Cc1ccc(Cn2c(=O)[nH]c3cnc(OCCOC)nc32)cc1. The molecule has 0 saturated carbocycles.